The van der Waals surface area contributed by atoms with Crippen LogP contribution in [0.15, 0.2) is 0 Å². The van der Waals surface area contributed by atoms with Gasteiger partial charge in [0.15, 0.2) is 9.84 Å². The quantitative estimate of drug-likeness (QED) is 0.516. The maximum atomic E-state index is 11.5. The molecule has 0 bridgehead atoms. The molecule has 1 saturated carbocycles. The number of hydrogen-bond donors (Lipinski definition) is 3. The van der Waals surface area contributed by atoms with E-state index in [9.17, 15) is 18.0 Å². The molecule has 1 amide bonds. The lowest BCUT2D eigenvalue weighted by Crippen LogP contribution is -2.58. The third-order valence-electron chi connectivity index (χ3n) is 3.15. The second-order valence-corrected chi connectivity index (χ2v) is 6.84. The molecule has 1 fully saturated rings. The molecular weight excluding hydrogens is 260 g/mol. The van der Waals surface area contributed by atoms with Gasteiger partial charge in [0.05, 0.1) is 11.5 Å². The zero-order valence-electron chi connectivity index (χ0n) is 10.0. The maximum Gasteiger partial charge on any atom is 0.323 e. The Morgan fingerprint density at radius 3 is 2.28 bits per heavy atom. The van der Waals surface area contributed by atoms with Crippen LogP contribution < -0.4 is 11.1 Å². The van der Waals surface area contributed by atoms with Crippen molar-refractivity contribution in [3.05, 3.63) is 0 Å². The highest BCUT2D eigenvalue weighted by atomic mass is 32.2. The van der Waals surface area contributed by atoms with Crippen LogP contribution in [0.5, 0.6) is 0 Å². The summed E-state index contributed by atoms with van der Waals surface area (Å²) in [6, 6.07) is 0. The molecule has 18 heavy (non-hydrogen) atoms. The molecule has 104 valence electrons. The molecule has 0 atom stereocenters. The summed E-state index contributed by atoms with van der Waals surface area (Å²) < 4.78 is 23.0. The van der Waals surface area contributed by atoms with Gasteiger partial charge in [0.2, 0.25) is 5.91 Å². The highest BCUT2D eigenvalue weighted by Crippen LogP contribution is 2.31. The van der Waals surface area contributed by atoms with Gasteiger partial charge in [-0.05, 0) is 19.3 Å². The van der Waals surface area contributed by atoms with E-state index in [0.29, 0.717) is 12.8 Å². The fraction of sp³-hybridized carbons (Fsp3) is 0.800. The molecule has 0 radical (unpaired) electrons. The smallest absolute Gasteiger partial charge is 0.323 e. The third-order valence-corrected chi connectivity index (χ3v) is 4.80. The standard InChI is InChI=1S/C10H18N2O5S/c11-8(13)2-6-18(16,17)7-5-12-10(9(14)15)3-1-4-10/h12H,1-7H2,(H2,11,13)(H,14,15). The van der Waals surface area contributed by atoms with E-state index in [2.05, 4.69) is 5.32 Å². The van der Waals surface area contributed by atoms with Crippen LogP contribution in [0.4, 0.5) is 0 Å². The normalized spacial score (nSPS) is 18.0. The molecule has 1 rings (SSSR count). The molecule has 0 aromatic heterocycles. The molecule has 0 spiro atoms. The molecular formula is C10H18N2O5S. The van der Waals surface area contributed by atoms with Gasteiger partial charge >= 0.3 is 5.97 Å². The van der Waals surface area contributed by atoms with Gasteiger partial charge in [-0.3, -0.25) is 9.59 Å². The summed E-state index contributed by atoms with van der Waals surface area (Å²) in [4.78, 5) is 21.5. The number of carboxylic acids is 1. The lowest BCUT2D eigenvalue weighted by atomic mass is 9.77. The van der Waals surface area contributed by atoms with Crippen molar-refractivity contribution in [3.8, 4) is 0 Å². The Hall–Kier alpha value is -1.15. The number of rotatable bonds is 8. The average molecular weight is 278 g/mol. The Labute approximate surface area is 106 Å². The molecule has 0 unspecified atom stereocenters. The van der Waals surface area contributed by atoms with Crippen LogP contribution >= 0.6 is 0 Å². The first kappa shape index (κ1) is 14.9. The summed E-state index contributed by atoms with van der Waals surface area (Å²) in [6.45, 7) is 0.0768. The van der Waals surface area contributed by atoms with Gasteiger partial charge in [-0.25, -0.2) is 8.42 Å². The van der Waals surface area contributed by atoms with Gasteiger partial charge in [0, 0.05) is 13.0 Å². The first-order valence-electron chi connectivity index (χ1n) is 5.75. The van der Waals surface area contributed by atoms with E-state index in [1.54, 1.807) is 0 Å². The summed E-state index contributed by atoms with van der Waals surface area (Å²) in [6.07, 6.45) is 1.66. The summed E-state index contributed by atoms with van der Waals surface area (Å²) in [5.41, 5.74) is 3.91. The minimum absolute atomic E-state index is 0.0768. The average Bonchev–Trinajstić information content (AvgIpc) is 2.18. The van der Waals surface area contributed by atoms with Crippen molar-refractivity contribution in [2.24, 2.45) is 5.73 Å². The number of carbonyl (C=O) groups excluding carboxylic acids is 1. The predicted octanol–water partition coefficient (Wildman–Crippen LogP) is -1.13. The van der Waals surface area contributed by atoms with Crippen molar-refractivity contribution in [2.75, 3.05) is 18.1 Å². The van der Waals surface area contributed by atoms with Gasteiger partial charge in [-0.2, -0.15) is 0 Å². The minimum Gasteiger partial charge on any atom is -0.480 e. The largest absolute Gasteiger partial charge is 0.480 e. The summed E-state index contributed by atoms with van der Waals surface area (Å²) in [7, 11) is -3.37. The number of hydrogen-bond acceptors (Lipinski definition) is 5. The maximum absolute atomic E-state index is 11.5. The monoisotopic (exact) mass is 278 g/mol. The predicted molar refractivity (Wildman–Crippen MR) is 64.7 cm³/mol. The second-order valence-electron chi connectivity index (χ2n) is 4.54. The fourth-order valence-electron chi connectivity index (χ4n) is 1.80. The Balaban J connectivity index is 2.37. The number of aliphatic carboxylic acids is 1. The number of carboxylic acid groups (broad SMARTS) is 1. The number of nitrogens with one attached hydrogen (secondary N) is 1. The molecule has 1 aliphatic carbocycles. The van der Waals surface area contributed by atoms with E-state index in [1.807, 2.05) is 0 Å². The van der Waals surface area contributed by atoms with Crippen LogP contribution in [0.1, 0.15) is 25.7 Å². The molecule has 0 heterocycles. The molecule has 0 aromatic carbocycles. The zero-order valence-corrected chi connectivity index (χ0v) is 10.8. The summed E-state index contributed by atoms with van der Waals surface area (Å²) >= 11 is 0. The lowest BCUT2D eigenvalue weighted by Gasteiger charge is -2.38. The highest BCUT2D eigenvalue weighted by molar-refractivity contribution is 7.91. The Morgan fingerprint density at radius 1 is 1.28 bits per heavy atom. The number of sulfone groups is 1. The van der Waals surface area contributed by atoms with Crippen molar-refractivity contribution >= 4 is 21.7 Å². The number of nitrogens with two attached hydrogens (primary N) is 1. The molecule has 8 heteroatoms. The van der Waals surface area contributed by atoms with Crippen molar-refractivity contribution in [2.45, 2.75) is 31.2 Å². The van der Waals surface area contributed by atoms with Crippen LogP contribution in [0.3, 0.4) is 0 Å². The van der Waals surface area contributed by atoms with Crippen molar-refractivity contribution in [1.82, 2.24) is 5.32 Å². The van der Waals surface area contributed by atoms with Crippen LogP contribution in [0.2, 0.25) is 0 Å². The molecule has 0 aliphatic heterocycles. The highest BCUT2D eigenvalue weighted by Gasteiger charge is 2.43. The van der Waals surface area contributed by atoms with Gasteiger partial charge in [0.1, 0.15) is 5.54 Å². The van der Waals surface area contributed by atoms with Crippen molar-refractivity contribution in [1.29, 1.82) is 0 Å². The van der Waals surface area contributed by atoms with Crippen molar-refractivity contribution in [3.63, 3.8) is 0 Å². The first-order chi connectivity index (χ1) is 8.27. The zero-order chi connectivity index (χ0) is 13.8. The topological polar surface area (TPSA) is 127 Å². The molecule has 0 aromatic rings. The molecule has 4 N–H and O–H groups in total. The Kier molecular flexibility index (Phi) is 4.69. The SMILES string of the molecule is NC(=O)CCS(=O)(=O)CCNC1(C(=O)O)CCC1. The van der Waals surface area contributed by atoms with Gasteiger partial charge in [-0.1, -0.05) is 0 Å². The van der Waals surface area contributed by atoms with E-state index in [4.69, 9.17) is 10.8 Å². The van der Waals surface area contributed by atoms with Crippen molar-refractivity contribution < 1.29 is 23.1 Å². The van der Waals surface area contributed by atoms with E-state index >= 15 is 0 Å². The van der Waals surface area contributed by atoms with E-state index < -0.39 is 27.3 Å². The van der Waals surface area contributed by atoms with E-state index in [1.165, 1.54) is 0 Å². The van der Waals surface area contributed by atoms with Crippen LogP contribution in [-0.2, 0) is 19.4 Å². The van der Waals surface area contributed by atoms with Gasteiger partial charge < -0.3 is 16.2 Å². The number of carbonyl (C=O) groups is 2. The Bertz CT molecular complexity index is 428. The minimum atomic E-state index is -3.37. The molecule has 0 saturated heterocycles. The molecule has 1 aliphatic rings. The van der Waals surface area contributed by atoms with Crippen LogP contribution in [-0.4, -0.2) is 49.0 Å². The fourth-order valence-corrected chi connectivity index (χ4v) is 2.93. The van der Waals surface area contributed by atoms with Crippen LogP contribution in [0.25, 0.3) is 0 Å². The lowest BCUT2D eigenvalue weighted by molar-refractivity contribution is -0.148. The first-order valence-corrected chi connectivity index (χ1v) is 7.57. The van der Waals surface area contributed by atoms with E-state index in [-0.39, 0.29) is 24.5 Å². The van der Waals surface area contributed by atoms with Gasteiger partial charge in [-0.15, -0.1) is 0 Å². The van der Waals surface area contributed by atoms with Crippen LogP contribution in [0, 0.1) is 0 Å². The summed E-state index contributed by atoms with van der Waals surface area (Å²) in [5, 5.41) is 11.8. The molecule has 7 nitrogen and oxygen atoms in total. The Morgan fingerprint density at radius 2 is 1.89 bits per heavy atom. The number of primary amides is 1. The third kappa shape index (κ3) is 3.95. The summed E-state index contributed by atoms with van der Waals surface area (Å²) in [5.74, 6) is -2.07. The number of amides is 1. The van der Waals surface area contributed by atoms with E-state index in [0.717, 1.165) is 6.42 Å². The second kappa shape index (κ2) is 5.66. The van der Waals surface area contributed by atoms with Gasteiger partial charge in [0.25, 0.3) is 0 Å².